The quantitative estimate of drug-likeness (QED) is 0.192. The molecule has 0 aliphatic heterocycles. The summed E-state index contributed by atoms with van der Waals surface area (Å²) in [5.74, 6) is 0. The molecule has 3 nitrogen and oxygen atoms in total. The monoisotopic (exact) mass is 665 g/mol. The van der Waals surface area contributed by atoms with Gasteiger partial charge >= 0.3 is 0 Å². The molecule has 0 saturated heterocycles. The van der Waals surface area contributed by atoms with Crippen LogP contribution in [-0.4, -0.2) is 0 Å². The normalized spacial score (nSPS) is 11.7. The molecule has 0 bridgehead atoms. The lowest BCUT2D eigenvalue weighted by molar-refractivity contribution is 0.670. The van der Waals surface area contributed by atoms with Crippen molar-refractivity contribution in [2.45, 2.75) is 0 Å². The van der Waals surface area contributed by atoms with Crippen molar-refractivity contribution >= 4 is 77.9 Å². The molecule has 5 heteroatoms. The smallest absolute Gasteiger partial charge is 0.144 e. The Morgan fingerprint density at radius 1 is 0.347 bits per heavy atom. The zero-order valence-corrected chi connectivity index (χ0v) is 27.8. The highest BCUT2D eigenvalue weighted by atomic mass is 32.1. The average Bonchev–Trinajstić information content (AvgIpc) is 3.97. The molecule has 49 heavy (non-hydrogen) atoms. The van der Waals surface area contributed by atoms with Crippen LogP contribution >= 0.6 is 22.7 Å². The van der Waals surface area contributed by atoms with E-state index in [0.29, 0.717) is 0 Å². The van der Waals surface area contributed by atoms with Gasteiger partial charge in [0.1, 0.15) is 22.3 Å². The van der Waals surface area contributed by atoms with E-state index in [2.05, 4.69) is 139 Å². The van der Waals surface area contributed by atoms with Crippen molar-refractivity contribution in [3.63, 3.8) is 0 Å². The molecule has 4 aromatic heterocycles. The van der Waals surface area contributed by atoms with Gasteiger partial charge in [-0.25, -0.2) is 0 Å². The van der Waals surface area contributed by atoms with E-state index in [1.807, 2.05) is 24.3 Å². The number of anilines is 2. The molecule has 6 aromatic carbocycles. The van der Waals surface area contributed by atoms with Gasteiger partial charge in [-0.05, 0) is 83.9 Å². The number of fused-ring (bicyclic) bond motifs is 6. The first-order valence-corrected chi connectivity index (χ1v) is 17.9. The molecule has 4 heterocycles. The third-order valence-corrected chi connectivity index (χ3v) is 11.5. The van der Waals surface area contributed by atoms with E-state index in [-0.39, 0.29) is 0 Å². The highest BCUT2D eigenvalue weighted by molar-refractivity contribution is 7.19. The van der Waals surface area contributed by atoms with Crippen LogP contribution in [-0.2, 0) is 0 Å². The van der Waals surface area contributed by atoms with Gasteiger partial charge in [0.05, 0.1) is 0 Å². The van der Waals surface area contributed by atoms with Crippen LogP contribution in [0.4, 0.5) is 11.4 Å². The summed E-state index contributed by atoms with van der Waals surface area (Å²) >= 11 is 3.58. The van der Waals surface area contributed by atoms with Crippen molar-refractivity contribution in [3.05, 3.63) is 158 Å². The van der Waals surface area contributed by atoms with Crippen LogP contribution in [0.15, 0.2) is 167 Å². The summed E-state index contributed by atoms with van der Waals surface area (Å²) in [6, 6.07) is 55.4. The Balaban J connectivity index is 0.859. The summed E-state index contributed by atoms with van der Waals surface area (Å²) in [5.41, 5.74) is 10.5. The summed E-state index contributed by atoms with van der Waals surface area (Å²) in [5, 5.41) is 8.19. The van der Waals surface area contributed by atoms with Gasteiger partial charge in [0, 0.05) is 63.6 Å². The van der Waals surface area contributed by atoms with Gasteiger partial charge in [-0.1, -0.05) is 84.9 Å². The van der Waals surface area contributed by atoms with Crippen LogP contribution in [0.3, 0.4) is 0 Å². The molecule has 0 fully saturated rings. The fourth-order valence-electron chi connectivity index (χ4n) is 6.76. The highest BCUT2D eigenvalue weighted by Crippen LogP contribution is 2.42. The zero-order valence-electron chi connectivity index (χ0n) is 26.1. The Morgan fingerprint density at radius 2 is 0.755 bits per heavy atom. The molecule has 232 valence electrons. The molecule has 0 unspecified atom stereocenters. The first-order valence-electron chi connectivity index (χ1n) is 16.2. The maximum absolute atomic E-state index is 6.30. The molecule has 0 atom stereocenters. The summed E-state index contributed by atoms with van der Waals surface area (Å²) in [7, 11) is 0. The number of hydrogen-bond acceptors (Lipinski definition) is 5. The van der Waals surface area contributed by atoms with Crippen LogP contribution in [0.5, 0.6) is 0 Å². The first-order chi connectivity index (χ1) is 24.2. The highest BCUT2D eigenvalue weighted by Gasteiger charge is 2.15. The van der Waals surface area contributed by atoms with Crippen LogP contribution in [0, 0.1) is 0 Å². The average molecular weight is 666 g/mol. The molecule has 0 saturated carbocycles. The molecule has 0 aliphatic rings. The number of nitrogens with one attached hydrogen (secondary N) is 1. The molecule has 0 aliphatic carbocycles. The van der Waals surface area contributed by atoms with E-state index >= 15 is 0 Å². The SMILES string of the molecule is c1ccc2c(c1)oc1c(-c3ccc(-c4ccc(Nc5ccc(-c6ccc(-c7cccc8c7oc7ccccc78)s6)cc5)cc4)s3)cccc12. The zero-order chi connectivity index (χ0) is 32.3. The van der Waals surface area contributed by atoms with Crippen molar-refractivity contribution in [2.24, 2.45) is 0 Å². The second kappa shape index (κ2) is 11.4. The largest absolute Gasteiger partial charge is 0.455 e. The lowest BCUT2D eigenvalue weighted by Crippen LogP contribution is -1.89. The topological polar surface area (TPSA) is 38.3 Å². The molecule has 0 amide bonds. The molecular formula is C44H27NO2S2. The van der Waals surface area contributed by atoms with Gasteiger partial charge in [-0.15, -0.1) is 22.7 Å². The minimum Gasteiger partial charge on any atom is -0.455 e. The van der Waals surface area contributed by atoms with Gasteiger partial charge in [0.15, 0.2) is 0 Å². The second-order valence-corrected chi connectivity index (χ2v) is 14.3. The summed E-state index contributed by atoms with van der Waals surface area (Å²) in [6.45, 7) is 0. The predicted octanol–water partition coefficient (Wildman–Crippen LogP) is 14.0. The van der Waals surface area contributed by atoms with E-state index in [1.54, 1.807) is 22.7 Å². The van der Waals surface area contributed by atoms with Gasteiger partial charge in [-0.3, -0.25) is 0 Å². The lowest BCUT2D eigenvalue weighted by Gasteiger charge is -2.08. The molecule has 10 rings (SSSR count). The van der Waals surface area contributed by atoms with Crippen LogP contribution < -0.4 is 5.32 Å². The third-order valence-electron chi connectivity index (χ3n) is 9.18. The van der Waals surface area contributed by atoms with E-state index in [1.165, 1.54) is 30.6 Å². The fourth-order valence-corrected chi connectivity index (χ4v) is 8.83. The summed E-state index contributed by atoms with van der Waals surface area (Å²) in [4.78, 5) is 4.86. The Labute approximate surface area is 290 Å². The van der Waals surface area contributed by atoms with Crippen LogP contribution in [0.2, 0.25) is 0 Å². The lowest BCUT2D eigenvalue weighted by atomic mass is 10.1. The number of benzene rings is 6. The van der Waals surface area contributed by atoms with Crippen LogP contribution in [0.25, 0.3) is 85.6 Å². The van der Waals surface area contributed by atoms with E-state index in [9.17, 15) is 0 Å². The maximum Gasteiger partial charge on any atom is 0.144 e. The van der Waals surface area contributed by atoms with Gasteiger partial charge in [0.25, 0.3) is 0 Å². The Hall–Kier alpha value is -5.88. The number of para-hydroxylation sites is 4. The second-order valence-electron chi connectivity index (χ2n) is 12.2. The van der Waals surface area contributed by atoms with E-state index in [0.717, 1.165) is 66.4 Å². The van der Waals surface area contributed by atoms with Gasteiger partial charge < -0.3 is 14.2 Å². The number of thiophene rings is 2. The Morgan fingerprint density at radius 3 is 1.22 bits per heavy atom. The van der Waals surface area contributed by atoms with Crippen molar-refractivity contribution < 1.29 is 8.83 Å². The van der Waals surface area contributed by atoms with Crippen molar-refractivity contribution in [3.8, 4) is 41.8 Å². The molecule has 10 aromatic rings. The minimum absolute atomic E-state index is 0.924. The molecular weight excluding hydrogens is 639 g/mol. The summed E-state index contributed by atoms with van der Waals surface area (Å²) in [6.07, 6.45) is 0. The predicted molar refractivity (Wildman–Crippen MR) is 208 cm³/mol. The van der Waals surface area contributed by atoms with E-state index < -0.39 is 0 Å². The molecule has 1 N–H and O–H groups in total. The minimum atomic E-state index is 0.924. The fraction of sp³-hybridized carbons (Fsp3) is 0. The van der Waals surface area contributed by atoms with Crippen LogP contribution in [0.1, 0.15) is 0 Å². The molecule has 0 spiro atoms. The third kappa shape index (κ3) is 4.86. The number of furan rings is 2. The van der Waals surface area contributed by atoms with Crippen molar-refractivity contribution in [2.75, 3.05) is 5.32 Å². The van der Waals surface area contributed by atoms with Gasteiger partial charge in [-0.2, -0.15) is 0 Å². The van der Waals surface area contributed by atoms with Gasteiger partial charge in [0.2, 0.25) is 0 Å². The number of hydrogen-bond donors (Lipinski definition) is 1. The summed E-state index contributed by atoms with van der Waals surface area (Å²) < 4.78 is 12.6. The number of rotatable bonds is 6. The maximum atomic E-state index is 6.30. The first kappa shape index (κ1) is 28.2. The van der Waals surface area contributed by atoms with E-state index in [4.69, 9.17) is 8.83 Å². The van der Waals surface area contributed by atoms with Crippen molar-refractivity contribution in [1.82, 2.24) is 0 Å². The Bertz CT molecular complexity index is 2600. The van der Waals surface area contributed by atoms with Crippen molar-refractivity contribution in [1.29, 1.82) is 0 Å². The molecule has 0 radical (unpaired) electrons. The Kier molecular flexibility index (Phi) is 6.54. The standard InChI is InChI=1S/C44H27NO2S2/c1-3-13-37-31(7-1)33-9-5-11-35(43(33)46-37)41-25-23-39(48-41)27-15-19-29(20-16-27)45-30-21-17-28(18-22-30)40-24-26-42(49-40)36-12-6-10-34-32-8-2-4-14-38(32)47-44(34)36/h1-26,45H.